The van der Waals surface area contributed by atoms with Crippen molar-refractivity contribution in [2.75, 3.05) is 0 Å². The first kappa shape index (κ1) is 37.7. The number of phenols is 1. The number of aromatic hydroxyl groups is 1. The molecule has 0 spiro atoms. The molecule has 1 aromatic heterocycles. The van der Waals surface area contributed by atoms with Gasteiger partial charge in [0, 0.05) is 6.42 Å². The van der Waals surface area contributed by atoms with E-state index in [4.69, 9.17) is 4.52 Å². The second-order valence-electron chi connectivity index (χ2n) is 11.4. The van der Waals surface area contributed by atoms with E-state index in [1.54, 1.807) is 0 Å². The van der Waals surface area contributed by atoms with Crippen LogP contribution >= 0.6 is 0 Å². The van der Waals surface area contributed by atoms with Gasteiger partial charge in [-0.15, -0.1) is 0 Å². The Balaban J connectivity index is 1.46. The zero-order chi connectivity index (χ0) is 38.4. The predicted octanol–water partition coefficient (Wildman–Crippen LogP) is 10.2. The van der Waals surface area contributed by atoms with Crippen LogP contribution in [-0.4, -0.2) is 21.2 Å². The first-order valence-corrected chi connectivity index (χ1v) is 14.6. The molecule has 2 N–H and O–H groups in total. The van der Waals surface area contributed by atoms with Gasteiger partial charge in [0.25, 0.3) is 5.91 Å². The van der Waals surface area contributed by atoms with Crippen LogP contribution in [0.25, 0.3) is 22.3 Å². The number of carbonyl (C=O) groups is 1. The van der Waals surface area contributed by atoms with Crippen LogP contribution in [0.4, 0.5) is 52.7 Å². The number of amides is 1. The number of phenolic OH excluding ortho intramolecular Hbond substituents is 1. The Morgan fingerprint density at radius 2 is 1.10 bits per heavy atom. The van der Waals surface area contributed by atoms with Crippen LogP contribution in [0, 0.1) is 6.92 Å². The number of rotatable bonds is 7. The number of carbonyl (C=O) groups excluding carboxylic acids is 1. The van der Waals surface area contributed by atoms with Gasteiger partial charge in [0.15, 0.2) is 5.82 Å². The Morgan fingerprint density at radius 3 is 1.52 bits per heavy atom. The maximum atomic E-state index is 13.5. The van der Waals surface area contributed by atoms with Crippen LogP contribution in [-0.2, 0) is 31.1 Å². The third-order valence-electron chi connectivity index (χ3n) is 7.62. The van der Waals surface area contributed by atoms with Crippen molar-refractivity contribution >= 4 is 5.91 Å². The SMILES string of the molecule is Cc1noc(C(Cc2ccc(-c3cc(C(F)(F)F)cc(C(F)(F)F)c3)cc2)NC(=O)c2cc(-c3cc(C(F)(F)F)cc(C(F)(F)F)c3)ccc2O)n1. The van der Waals surface area contributed by atoms with Crippen molar-refractivity contribution in [1.29, 1.82) is 0 Å². The maximum absolute atomic E-state index is 13.5. The average Bonchev–Trinajstić information content (AvgIpc) is 3.49. The highest BCUT2D eigenvalue weighted by molar-refractivity contribution is 5.98. The number of hydrogen-bond donors (Lipinski definition) is 2. The highest BCUT2D eigenvalue weighted by Crippen LogP contribution is 2.41. The van der Waals surface area contributed by atoms with E-state index in [1.807, 2.05) is 0 Å². The quantitative estimate of drug-likeness (QED) is 0.162. The second-order valence-corrected chi connectivity index (χ2v) is 11.4. The smallest absolute Gasteiger partial charge is 0.416 e. The molecule has 1 atom stereocenters. The van der Waals surface area contributed by atoms with Crippen molar-refractivity contribution in [3.05, 3.63) is 124 Å². The lowest BCUT2D eigenvalue weighted by molar-refractivity contribution is -0.144. The minimum Gasteiger partial charge on any atom is -0.507 e. The number of halogens is 12. The Hall–Kier alpha value is -5.55. The van der Waals surface area contributed by atoms with Crippen molar-refractivity contribution in [1.82, 2.24) is 15.5 Å². The van der Waals surface area contributed by atoms with E-state index in [1.165, 1.54) is 31.2 Å². The van der Waals surface area contributed by atoms with Crippen molar-refractivity contribution < 1.29 is 67.1 Å². The minimum absolute atomic E-state index is 0.00951. The van der Waals surface area contributed by atoms with E-state index in [9.17, 15) is 62.6 Å². The Morgan fingerprint density at radius 1 is 0.654 bits per heavy atom. The molecule has 1 heterocycles. The van der Waals surface area contributed by atoms with Crippen LogP contribution < -0.4 is 5.32 Å². The standard InChI is InChI=1S/C34H21F12N3O3/c1-16-47-30(52-49-16)27(8-17-2-4-18(5-3-17)20-9-22(31(35,36)37)14-23(10-20)32(38,39)40)48-29(51)26-13-19(6-7-28(26)50)21-11-24(33(41,42)43)15-25(12-21)34(44,45)46/h2-7,9-15,27,50H,8H2,1H3,(H,48,51). The molecule has 0 saturated heterocycles. The van der Waals surface area contributed by atoms with Crippen LogP contribution in [0.1, 0.15) is 55.9 Å². The molecule has 274 valence electrons. The molecular formula is C34H21F12N3O3. The van der Waals surface area contributed by atoms with Gasteiger partial charge in [-0.3, -0.25) is 4.79 Å². The van der Waals surface area contributed by atoms with E-state index in [0.29, 0.717) is 29.8 Å². The molecule has 0 radical (unpaired) electrons. The summed E-state index contributed by atoms with van der Waals surface area (Å²) in [4.78, 5) is 17.5. The zero-order valence-corrected chi connectivity index (χ0v) is 26.0. The summed E-state index contributed by atoms with van der Waals surface area (Å²) in [7, 11) is 0. The van der Waals surface area contributed by atoms with Crippen LogP contribution in [0.2, 0.25) is 0 Å². The van der Waals surface area contributed by atoms with Gasteiger partial charge in [-0.1, -0.05) is 35.5 Å². The first-order chi connectivity index (χ1) is 24.0. The van der Waals surface area contributed by atoms with Crippen molar-refractivity contribution in [2.45, 2.75) is 44.1 Å². The minimum atomic E-state index is -5.15. The Kier molecular flexibility index (Phi) is 9.81. The molecule has 0 aliphatic carbocycles. The van der Waals surface area contributed by atoms with Gasteiger partial charge < -0.3 is 14.9 Å². The molecule has 0 aliphatic heterocycles. The summed E-state index contributed by atoms with van der Waals surface area (Å²) in [6, 6.07) is 8.64. The first-order valence-electron chi connectivity index (χ1n) is 14.6. The fourth-order valence-electron chi connectivity index (χ4n) is 5.10. The monoisotopic (exact) mass is 747 g/mol. The van der Waals surface area contributed by atoms with Gasteiger partial charge in [0.05, 0.1) is 27.8 Å². The van der Waals surface area contributed by atoms with Gasteiger partial charge in [0.1, 0.15) is 11.8 Å². The predicted molar refractivity (Wildman–Crippen MR) is 158 cm³/mol. The van der Waals surface area contributed by atoms with Gasteiger partial charge in [-0.05, 0) is 83.3 Å². The van der Waals surface area contributed by atoms with Gasteiger partial charge >= 0.3 is 24.7 Å². The summed E-state index contributed by atoms with van der Waals surface area (Å²) in [5.41, 5.74) is -7.73. The zero-order valence-electron chi connectivity index (χ0n) is 26.0. The molecule has 5 aromatic rings. The van der Waals surface area contributed by atoms with Crippen molar-refractivity contribution in [2.24, 2.45) is 0 Å². The summed E-state index contributed by atoms with van der Waals surface area (Å²) in [5, 5.41) is 16.6. The summed E-state index contributed by atoms with van der Waals surface area (Å²) in [5.74, 6) is -1.85. The average molecular weight is 748 g/mol. The lowest BCUT2D eigenvalue weighted by Gasteiger charge is -2.18. The van der Waals surface area contributed by atoms with E-state index >= 15 is 0 Å². The highest BCUT2D eigenvalue weighted by Gasteiger charge is 2.38. The lowest BCUT2D eigenvalue weighted by atomic mass is 9.96. The Labute approximate surface area is 284 Å². The van der Waals surface area contributed by atoms with Gasteiger partial charge in [-0.2, -0.15) is 57.7 Å². The number of nitrogens with zero attached hydrogens (tertiary/aromatic N) is 2. The fraction of sp³-hybridized carbons (Fsp3) is 0.206. The molecule has 0 saturated carbocycles. The van der Waals surface area contributed by atoms with E-state index in [0.717, 1.165) is 18.2 Å². The molecule has 0 aliphatic rings. The molecule has 6 nitrogen and oxygen atoms in total. The second kappa shape index (κ2) is 13.5. The Bertz CT molecular complexity index is 2030. The molecule has 52 heavy (non-hydrogen) atoms. The number of aryl methyl sites for hydroxylation is 1. The molecule has 0 fully saturated rings. The molecule has 1 amide bonds. The maximum Gasteiger partial charge on any atom is 0.416 e. The number of benzene rings is 4. The van der Waals surface area contributed by atoms with Crippen molar-refractivity contribution in [3.8, 4) is 28.0 Å². The van der Waals surface area contributed by atoms with Crippen LogP contribution in [0.5, 0.6) is 5.75 Å². The summed E-state index contributed by atoms with van der Waals surface area (Å²) >= 11 is 0. The number of alkyl halides is 12. The lowest BCUT2D eigenvalue weighted by Crippen LogP contribution is -2.30. The molecule has 18 heteroatoms. The number of hydrogen-bond acceptors (Lipinski definition) is 5. The number of aromatic nitrogens is 2. The summed E-state index contributed by atoms with van der Waals surface area (Å²) < 4.78 is 166. The van der Waals surface area contributed by atoms with Crippen LogP contribution in [0.3, 0.4) is 0 Å². The topological polar surface area (TPSA) is 88.2 Å². The normalized spacial score (nSPS) is 13.2. The van der Waals surface area contributed by atoms with E-state index in [2.05, 4.69) is 15.5 Å². The third kappa shape index (κ3) is 8.66. The van der Waals surface area contributed by atoms with Crippen LogP contribution in [0.15, 0.2) is 83.4 Å². The molecule has 1 unspecified atom stereocenters. The molecular weight excluding hydrogens is 726 g/mol. The van der Waals surface area contributed by atoms with Gasteiger partial charge in [0.2, 0.25) is 5.89 Å². The van der Waals surface area contributed by atoms with Crippen molar-refractivity contribution in [3.63, 3.8) is 0 Å². The van der Waals surface area contributed by atoms with E-state index < -0.39 is 75.8 Å². The summed E-state index contributed by atoms with van der Waals surface area (Å²) in [6.45, 7) is 1.44. The number of nitrogens with one attached hydrogen (secondary N) is 1. The third-order valence-corrected chi connectivity index (χ3v) is 7.62. The largest absolute Gasteiger partial charge is 0.507 e. The fourth-order valence-corrected chi connectivity index (χ4v) is 5.10. The molecule has 5 rings (SSSR count). The molecule has 0 bridgehead atoms. The summed E-state index contributed by atoms with van der Waals surface area (Å²) in [6.07, 6.45) is -20.6. The van der Waals surface area contributed by atoms with E-state index in [-0.39, 0.29) is 47.0 Å². The van der Waals surface area contributed by atoms with Gasteiger partial charge in [-0.25, -0.2) is 0 Å². The highest BCUT2D eigenvalue weighted by atomic mass is 19.4. The molecule has 4 aromatic carbocycles.